The number of rotatable bonds is 4. The predicted molar refractivity (Wildman–Crippen MR) is 134 cm³/mol. The number of ether oxygens (including phenoxy) is 2. The van der Waals surface area contributed by atoms with E-state index in [1.54, 1.807) is 19.2 Å². The van der Waals surface area contributed by atoms with Gasteiger partial charge >= 0.3 is 0 Å². The van der Waals surface area contributed by atoms with Crippen LogP contribution in [-0.4, -0.2) is 36.5 Å². The molecule has 2 aromatic carbocycles. The van der Waals surface area contributed by atoms with Crippen LogP contribution < -0.4 is 19.7 Å². The van der Waals surface area contributed by atoms with Crippen LogP contribution in [0, 0.1) is 17.3 Å². The Labute approximate surface area is 205 Å². The molecule has 0 fully saturated rings. The SMILES string of the molecule is CN1C(=O)C(NC(=O)c2cc(Oc3ccccc3)ccn2)COc2ccc(C#CC(C)(C)C)cc21. The van der Waals surface area contributed by atoms with Gasteiger partial charge in [-0.25, -0.2) is 0 Å². The van der Waals surface area contributed by atoms with Crippen molar-refractivity contribution in [3.05, 3.63) is 78.1 Å². The molecule has 1 N–H and O–H groups in total. The Hall–Kier alpha value is -4.31. The Morgan fingerprint density at radius 3 is 2.63 bits per heavy atom. The molecule has 35 heavy (non-hydrogen) atoms. The van der Waals surface area contributed by atoms with Crippen molar-refractivity contribution in [2.75, 3.05) is 18.6 Å². The summed E-state index contributed by atoms with van der Waals surface area (Å²) in [7, 11) is 1.66. The Balaban J connectivity index is 1.48. The number of hydrogen-bond donors (Lipinski definition) is 1. The molecule has 0 radical (unpaired) electrons. The zero-order valence-corrected chi connectivity index (χ0v) is 20.2. The largest absolute Gasteiger partial charge is 0.489 e. The van der Waals surface area contributed by atoms with Crippen LogP contribution in [0.25, 0.3) is 0 Å². The molecule has 7 nitrogen and oxygen atoms in total. The number of pyridine rings is 1. The van der Waals surface area contributed by atoms with Crippen molar-refractivity contribution in [2.24, 2.45) is 5.41 Å². The second-order valence-electron chi connectivity index (χ2n) is 9.21. The summed E-state index contributed by atoms with van der Waals surface area (Å²) in [5, 5.41) is 2.74. The summed E-state index contributed by atoms with van der Waals surface area (Å²) in [5.74, 6) is 7.20. The third-order valence-electron chi connectivity index (χ3n) is 5.18. The fraction of sp³-hybridized carbons (Fsp3) is 0.250. The van der Waals surface area contributed by atoms with Gasteiger partial charge in [-0.15, -0.1) is 0 Å². The number of hydrogen-bond acceptors (Lipinski definition) is 5. The number of aromatic nitrogens is 1. The average Bonchev–Trinajstić information content (AvgIpc) is 2.95. The average molecular weight is 470 g/mol. The number of nitrogens with one attached hydrogen (secondary N) is 1. The second-order valence-corrected chi connectivity index (χ2v) is 9.21. The molecule has 7 heteroatoms. The van der Waals surface area contributed by atoms with Crippen LogP contribution in [-0.2, 0) is 4.79 Å². The first-order chi connectivity index (χ1) is 16.7. The van der Waals surface area contributed by atoms with Gasteiger partial charge in [0.15, 0.2) is 0 Å². The summed E-state index contributed by atoms with van der Waals surface area (Å²) in [6.07, 6.45) is 1.49. The monoisotopic (exact) mass is 469 g/mol. The smallest absolute Gasteiger partial charge is 0.270 e. The fourth-order valence-electron chi connectivity index (χ4n) is 3.39. The Morgan fingerprint density at radius 1 is 1.11 bits per heavy atom. The molecule has 4 rings (SSSR count). The molecule has 1 unspecified atom stereocenters. The molecule has 2 amide bonds. The van der Waals surface area contributed by atoms with Crippen molar-refractivity contribution < 1.29 is 19.1 Å². The number of fused-ring (bicyclic) bond motifs is 1. The van der Waals surface area contributed by atoms with Crippen molar-refractivity contribution in [1.29, 1.82) is 0 Å². The van der Waals surface area contributed by atoms with Crippen LogP contribution in [0.2, 0.25) is 0 Å². The van der Waals surface area contributed by atoms with Gasteiger partial charge in [-0.3, -0.25) is 14.6 Å². The zero-order chi connectivity index (χ0) is 25.0. The maximum absolute atomic E-state index is 13.2. The molecular weight excluding hydrogens is 442 g/mol. The van der Waals surface area contributed by atoms with Crippen LogP contribution in [0.15, 0.2) is 66.9 Å². The molecule has 1 aliphatic heterocycles. The van der Waals surface area contributed by atoms with E-state index in [0.29, 0.717) is 22.9 Å². The van der Waals surface area contributed by atoms with E-state index in [1.807, 2.05) is 63.2 Å². The first-order valence-corrected chi connectivity index (χ1v) is 11.3. The maximum Gasteiger partial charge on any atom is 0.270 e. The highest BCUT2D eigenvalue weighted by Crippen LogP contribution is 2.31. The highest BCUT2D eigenvalue weighted by molar-refractivity contribution is 6.03. The quantitative estimate of drug-likeness (QED) is 0.572. The van der Waals surface area contributed by atoms with Crippen LogP contribution in [0.4, 0.5) is 5.69 Å². The molecule has 1 aromatic heterocycles. The van der Waals surface area contributed by atoms with Crippen LogP contribution in [0.1, 0.15) is 36.8 Å². The van der Waals surface area contributed by atoms with Gasteiger partial charge in [0.2, 0.25) is 0 Å². The van der Waals surface area contributed by atoms with E-state index in [2.05, 4.69) is 22.1 Å². The lowest BCUT2D eigenvalue weighted by molar-refractivity contribution is -0.120. The summed E-state index contributed by atoms with van der Waals surface area (Å²) >= 11 is 0. The fourth-order valence-corrected chi connectivity index (χ4v) is 3.39. The van der Waals surface area contributed by atoms with E-state index in [-0.39, 0.29) is 23.6 Å². The van der Waals surface area contributed by atoms with Gasteiger partial charge < -0.3 is 19.7 Å². The molecule has 3 aromatic rings. The van der Waals surface area contributed by atoms with Gasteiger partial charge in [0.25, 0.3) is 11.8 Å². The van der Waals surface area contributed by atoms with E-state index < -0.39 is 11.9 Å². The molecule has 0 aliphatic carbocycles. The van der Waals surface area contributed by atoms with Crippen LogP contribution in [0.5, 0.6) is 17.2 Å². The highest BCUT2D eigenvalue weighted by atomic mass is 16.5. The molecule has 0 bridgehead atoms. The number of carbonyl (C=O) groups excluding carboxylic acids is 2. The van der Waals surface area contributed by atoms with Crippen LogP contribution >= 0.6 is 0 Å². The minimum absolute atomic E-state index is 0.00483. The second kappa shape index (κ2) is 9.90. The van der Waals surface area contributed by atoms with Gasteiger partial charge in [-0.2, -0.15) is 0 Å². The number of nitrogens with zero attached hydrogens (tertiary/aromatic N) is 2. The molecule has 0 saturated carbocycles. The van der Waals surface area contributed by atoms with E-state index >= 15 is 0 Å². The number of benzene rings is 2. The minimum Gasteiger partial charge on any atom is -0.489 e. The van der Waals surface area contributed by atoms with Crippen LogP contribution in [0.3, 0.4) is 0 Å². The minimum atomic E-state index is -0.885. The lowest BCUT2D eigenvalue weighted by Crippen LogP contribution is -2.49. The van der Waals surface area contributed by atoms with E-state index in [0.717, 1.165) is 5.56 Å². The topological polar surface area (TPSA) is 80.8 Å². The first kappa shape index (κ1) is 23.8. The van der Waals surface area contributed by atoms with Crippen molar-refractivity contribution >= 4 is 17.5 Å². The van der Waals surface area contributed by atoms with E-state index in [4.69, 9.17) is 9.47 Å². The predicted octanol–water partition coefficient (Wildman–Crippen LogP) is 4.43. The number of likely N-dealkylation sites (N-methyl/N-ethyl adjacent to an activating group) is 1. The third kappa shape index (κ3) is 5.98. The summed E-state index contributed by atoms with van der Waals surface area (Å²) in [4.78, 5) is 31.7. The maximum atomic E-state index is 13.2. The summed E-state index contributed by atoms with van der Waals surface area (Å²) in [6.45, 7) is 6.10. The molecule has 2 heterocycles. The van der Waals surface area contributed by atoms with Crippen molar-refractivity contribution in [3.63, 3.8) is 0 Å². The Kier molecular flexibility index (Phi) is 6.74. The lowest BCUT2D eigenvalue weighted by atomic mass is 9.97. The molecular formula is C28H27N3O4. The molecule has 178 valence electrons. The Morgan fingerprint density at radius 2 is 1.89 bits per heavy atom. The summed E-state index contributed by atoms with van der Waals surface area (Å²) in [6, 6.07) is 17.0. The van der Waals surface area contributed by atoms with Gasteiger partial charge in [-0.1, -0.05) is 30.0 Å². The Bertz CT molecular complexity index is 1300. The highest BCUT2D eigenvalue weighted by Gasteiger charge is 2.31. The van der Waals surface area contributed by atoms with Crippen molar-refractivity contribution in [3.8, 4) is 29.1 Å². The van der Waals surface area contributed by atoms with Gasteiger partial charge in [0.05, 0.1) is 5.69 Å². The van der Waals surface area contributed by atoms with E-state index in [9.17, 15) is 9.59 Å². The molecule has 1 atom stereocenters. The number of amides is 2. The molecule has 0 saturated heterocycles. The first-order valence-electron chi connectivity index (χ1n) is 11.3. The number of carbonyl (C=O) groups is 2. The standard InChI is InChI=1S/C28H27N3O4/c1-28(2,3)14-12-19-10-11-25-24(16-19)31(4)27(33)23(18-34-25)30-26(32)22-17-21(13-15-29-22)35-20-8-6-5-7-9-20/h5-11,13,15-17,23H,18H2,1-4H3,(H,30,32). The summed E-state index contributed by atoms with van der Waals surface area (Å²) in [5.41, 5.74) is 1.38. The normalized spacial score (nSPS) is 15.1. The molecule has 0 spiro atoms. The van der Waals surface area contributed by atoms with Crippen molar-refractivity contribution in [2.45, 2.75) is 26.8 Å². The number of para-hydroxylation sites is 1. The van der Waals surface area contributed by atoms with Gasteiger partial charge in [-0.05, 0) is 57.2 Å². The summed E-state index contributed by atoms with van der Waals surface area (Å²) < 4.78 is 11.7. The van der Waals surface area contributed by atoms with E-state index in [1.165, 1.54) is 17.2 Å². The zero-order valence-electron chi connectivity index (χ0n) is 20.2. The van der Waals surface area contributed by atoms with Gasteiger partial charge in [0.1, 0.15) is 35.6 Å². The molecule has 1 aliphatic rings. The number of anilines is 1. The lowest BCUT2D eigenvalue weighted by Gasteiger charge is -2.20. The third-order valence-corrected chi connectivity index (χ3v) is 5.18. The van der Waals surface area contributed by atoms with Crippen molar-refractivity contribution in [1.82, 2.24) is 10.3 Å². The van der Waals surface area contributed by atoms with Gasteiger partial charge in [0, 0.05) is 30.3 Å².